The number of carbonyl (C=O) groups excluding carboxylic acids is 2. The van der Waals surface area contributed by atoms with Crippen LogP contribution in [0.2, 0.25) is 0 Å². The molecule has 0 spiro atoms. The first kappa shape index (κ1) is 14.3. The van der Waals surface area contributed by atoms with Crippen molar-refractivity contribution in [3.63, 3.8) is 0 Å². The lowest BCUT2D eigenvalue weighted by Gasteiger charge is -2.29. The van der Waals surface area contributed by atoms with Crippen LogP contribution >= 0.6 is 0 Å². The van der Waals surface area contributed by atoms with E-state index in [0.717, 1.165) is 26.1 Å². The molecule has 2 rings (SSSR count). The maximum atomic E-state index is 11.9. The van der Waals surface area contributed by atoms with Crippen molar-refractivity contribution in [1.82, 2.24) is 10.2 Å². The molecule has 2 aliphatic heterocycles. The number of carbonyl (C=O) groups is 2. The van der Waals surface area contributed by atoms with E-state index >= 15 is 0 Å². The van der Waals surface area contributed by atoms with Crippen LogP contribution in [0.5, 0.6) is 0 Å². The van der Waals surface area contributed by atoms with E-state index in [-0.39, 0.29) is 23.8 Å². The number of hydrogen-bond donors (Lipinski definition) is 1. The summed E-state index contributed by atoms with van der Waals surface area (Å²) in [5.41, 5.74) is -0.442. The molecule has 108 valence electrons. The lowest BCUT2D eigenvalue weighted by Crippen LogP contribution is -2.42. The fraction of sp³-hybridized carbons (Fsp3) is 0.857. The molecule has 0 aromatic carbocycles. The summed E-state index contributed by atoms with van der Waals surface area (Å²) < 4.78 is 5.37. The van der Waals surface area contributed by atoms with Crippen LogP contribution in [-0.4, -0.2) is 48.1 Å². The molecule has 0 aromatic heterocycles. The highest BCUT2D eigenvalue weighted by Gasteiger charge is 2.38. The Morgan fingerprint density at radius 2 is 2.16 bits per heavy atom. The number of amides is 1. The second-order valence-corrected chi connectivity index (χ2v) is 6.47. The average molecular weight is 268 g/mol. The van der Waals surface area contributed by atoms with Crippen molar-refractivity contribution >= 4 is 11.9 Å². The molecule has 0 saturated carbocycles. The van der Waals surface area contributed by atoms with Crippen molar-refractivity contribution in [2.75, 3.05) is 19.6 Å². The Hall–Kier alpha value is -1.10. The van der Waals surface area contributed by atoms with Crippen molar-refractivity contribution in [2.45, 2.75) is 51.7 Å². The number of ether oxygens (including phenoxy) is 1. The number of rotatable bonds is 3. The molecule has 2 atom stereocenters. The molecular formula is C14H24N2O3. The monoisotopic (exact) mass is 268 g/mol. The lowest BCUT2D eigenvalue weighted by atomic mass is 9.98. The van der Waals surface area contributed by atoms with Crippen molar-refractivity contribution in [3.05, 3.63) is 0 Å². The minimum absolute atomic E-state index is 0.155. The predicted octanol–water partition coefficient (Wildman–Crippen LogP) is 0.929. The first-order chi connectivity index (χ1) is 8.87. The number of esters is 1. The molecule has 0 unspecified atom stereocenters. The van der Waals surface area contributed by atoms with Crippen LogP contribution in [0.4, 0.5) is 0 Å². The minimum Gasteiger partial charge on any atom is -0.460 e. The average Bonchev–Trinajstić information content (AvgIpc) is 2.83. The molecule has 5 heteroatoms. The summed E-state index contributed by atoms with van der Waals surface area (Å²) in [7, 11) is 0. The smallest absolute Gasteiger partial charge is 0.306 e. The molecule has 0 radical (unpaired) electrons. The van der Waals surface area contributed by atoms with Crippen LogP contribution in [0, 0.1) is 5.92 Å². The van der Waals surface area contributed by atoms with Gasteiger partial charge < -0.3 is 15.0 Å². The molecule has 5 nitrogen and oxygen atoms in total. The van der Waals surface area contributed by atoms with E-state index in [4.69, 9.17) is 4.74 Å². The van der Waals surface area contributed by atoms with Crippen LogP contribution in [0.3, 0.4) is 0 Å². The van der Waals surface area contributed by atoms with Crippen molar-refractivity contribution in [1.29, 1.82) is 0 Å². The number of likely N-dealkylation sites (tertiary alicyclic amines) is 1. The van der Waals surface area contributed by atoms with Gasteiger partial charge in [-0.15, -0.1) is 0 Å². The fourth-order valence-corrected chi connectivity index (χ4v) is 2.91. The predicted molar refractivity (Wildman–Crippen MR) is 71.6 cm³/mol. The molecule has 2 aliphatic rings. The first-order valence-electron chi connectivity index (χ1n) is 7.09. The Kier molecular flexibility index (Phi) is 4.13. The summed E-state index contributed by atoms with van der Waals surface area (Å²) >= 11 is 0. The molecule has 2 fully saturated rings. The molecule has 0 aromatic rings. The van der Waals surface area contributed by atoms with Gasteiger partial charge in [-0.25, -0.2) is 0 Å². The maximum Gasteiger partial charge on any atom is 0.306 e. The highest BCUT2D eigenvalue weighted by molar-refractivity contribution is 5.78. The van der Waals surface area contributed by atoms with Gasteiger partial charge in [0.1, 0.15) is 5.60 Å². The van der Waals surface area contributed by atoms with E-state index in [1.165, 1.54) is 0 Å². The highest BCUT2D eigenvalue weighted by Crippen LogP contribution is 2.25. The molecular weight excluding hydrogens is 244 g/mol. The topological polar surface area (TPSA) is 58.6 Å². The highest BCUT2D eigenvalue weighted by atomic mass is 16.6. The van der Waals surface area contributed by atoms with Gasteiger partial charge in [0.15, 0.2) is 0 Å². The van der Waals surface area contributed by atoms with Crippen molar-refractivity contribution < 1.29 is 14.3 Å². The van der Waals surface area contributed by atoms with Gasteiger partial charge in [-0.05, 0) is 27.2 Å². The number of nitrogens with one attached hydrogen (secondary N) is 1. The minimum atomic E-state index is -0.442. The van der Waals surface area contributed by atoms with E-state index in [9.17, 15) is 9.59 Å². The summed E-state index contributed by atoms with van der Waals surface area (Å²) in [4.78, 5) is 25.6. The van der Waals surface area contributed by atoms with Gasteiger partial charge in [0.2, 0.25) is 5.91 Å². The fourth-order valence-electron chi connectivity index (χ4n) is 2.91. The Morgan fingerprint density at radius 3 is 2.74 bits per heavy atom. The summed E-state index contributed by atoms with van der Waals surface area (Å²) in [5.74, 6) is 0.234. The molecule has 0 bridgehead atoms. The van der Waals surface area contributed by atoms with Crippen molar-refractivity contribution in [2.24, 2.45) is 5.92 Å². The Balaban J connectivity index is 1.92. The molecule has 19 heavy (non-hydrogen) atoms. The van der Waals surface area contributed by atoms with Gasteiger partial charge in [0, 0.05) is 38.0 Å². The lowest BCUT2D eigenvalue weighted by molar-refractivity contribution is -0.156. The summed E-state index contributed by atoms with van der Waals surface area (Å²) in [6.45, 7) is 8.03. The quantitative estimate of drug-likeness (QED) is 0.774. The largest absolute Gasteiger partial charge is 0.460 e. The molecule has 0 aliphatic carbocycles. The van der Waals surface area contributed by atoms with E-state index in [2.05, 4.69) is 5.32 Å². The molecule has 2 saturated heterocycles. The van der Waals surface area contributed by atoms with Crippen LogP contribution in [0.1, 0.15) is 40.0 Å². The zero-order chi connectivity index (χ0) is 14.0. The second kappa shape index (κ2) is 5.49. The number of hydrogen-bond acceptors (Lipinski definition) is 4. The summed E-state index contributed by atoms with van der Waals surface area (Å²) in [6.07, 6.45) is 1.98. The Labute approximate surface area is 114 Å². The molecule has 2 heterocycles. The summed E-state index contributed by atoms with van der Waals surface area (Å²) in [6, 6.07) is 0.155. The molecule has 1 N–H and O–H groups in total. The van der Waals surface area contributed by atoms with Crippen molar-refractivity contribution in [3.8, 4) is 0 Å². The Morgan fingerprint density at radius 1 is 1.42 bits per heavy atom. The van der Waals surface area contributed by atoms with Gasteiger partial charge in [0.05, 0.1) is 6.42 Å². The van der Waals surface area contributed by atoms with E-state index in [1.54, 1.807) is 0 Å². The van der Waals surface area contributed by atoms with Crippen LogP contribution < -0.4 is 5.32 Å². The normalized spacial score (nSPS) is 27.9. The van der Waals surface area contributed by atoms with E-state index in [0.29, 0.717) is 12.8 Å². The summed E-state index contributed by atoms with van der Waals surface area (Å²) in [5, 5.41) is 3.29. The zero-order valence-corrected chi connectivity index (χ0v) is 12.1. The maximum absolute atomic E-state index is 11.9. The second-order valence-electron chi connectivity index (χ2n) is 6.47. The van der Waals surface area contributed by atoms with Gasteiger partial charge in [0.25, 0.3) is 0 Å². The van der Waals surface area contributed by atoms with Gasteiger partial charge in [-0.3, -0.25) is 9.59 Å². The van der Waals surface area contributed by atoms with Crippen LogP contribution in [-0.2, 0) is 14.3 Å². The van der Waals surface area contributed by atoms with Gasteiger partial charge in [-0.2, -0.15) is 0 Å². The van der Waals surface area contributed by atoms with Gasteiger partial charge in [-0.1, -0.05) is 0 Å². The number of nitrogens with zero attached hydrogens (tertiary/aromatic N) is 1. The van der Waals surface area contributed by atoms with E-state index < -0.39 is 5.60 Å². The third-order valence-corrected chi connectivity index (χ3v) is 3.66. The third kappa shape index (κ3) is 3.69. The van der Waals surface area contributed by atoms with Crippen LogP contribution in [0.25, 0.3) is 0 Å². The molecule has 1 amide bonds. The zero-order valence-electron chi connectivity index (χ0n) is 12.1. The van der Waals surface area contributed by atoms with Gasteiger partial charge >= 0.3 is 5.97 Å². The van der Waals surface area contributed by atoms with E-state index in [1.807, 2.05) is 25.7 Å². The SMILES string of the molecule is CC(C)(C)OC(=O)C[C@H]1CNC[C@@H]1N1CCCC1=O. The third-order valence-electron chi connectivity index (χ3n) is 3.66. The van der Waals surface area contributed by atoms with Crippen LogP contribution in [0.15, 0.2) is 0 Å². The Bertz CT molecular complexity index is 362. The standard InChI is InChI=1S/C14H24N2O3/c1-14(2,3)19-13(18)7-10-8-15-9-11(10)16-6-4-5-12(16)17/h10-11,15H,4-9H2,1-3H3/t10-,11-/m0/s1. The first-order valence-corrected chi connectivity index (χ1v) is 7.09.